The van der Waals surface area contributed by atoms with Gasteiger partial charge in [0.2, 0.25) is 5.91 Å². The van der Waals surface area contributed by atoms with Gasteiger partial charge in [-0.1, -0.05) is 11.6 Å². The zero-order valence-electron chi connectivity index (χ0n) is 16.0. The summed E-state index contributed by atoms with van der Waals surface area (Å²) in [6, 6.07) is 8.39. The molecule has 1 aliphatic heterocycles. The van der Waals surface area contributed by atoms with Gasteiger partial charge in [0.05, 0.1) is 15.5 Å². The first-order chi connectivity index (χ1) is 14.6. The third kappa shape index (κ3) is 5.32. The minimum atomic E-state index is -4.64. The van der Waals surface area contributed by atoms with Crippen LogP contribution in [0.2, 0.25) is 5.02 Å². The number of hydrogen-bond donors (Lipinski definition) is 1. The molecule has 164 valence electrons. The lowest BCUT2D eigenvalue weighted by Gasteiger charge is -2.31. The molecule has 11 heteroatoms. The zero-order valence-corrected chi connectivity index (χ0v) is 16.7. The van der Waals surface area contributed by atoms with Crippen LogP contribution >= 0.6 is 11.6 Å². The maximum absolute atomic E-state index is 13.0. The predicted molar refractivity (Wildman–Crippen MR) is 107 cm³/mol. The zero-order chi connectivity index (χ0) is 22.8. The van der Waals surface area contributed by atoms with Crippen molar-refractivity contribution in [3.63, 3.8) is 0 Å². The van der Waals surface area contributed by atoms with Crippen molar-refractivity contribution in [2.75, 3.05) is 18.4 Å². The number of nitrogens with one attached hydrogen (secondary N) is 1. The van der Waals surface area contributed by atoms with E-state index < -0.39 is 33.5 Å². The summed E-state index contributed by atoms with van der Waals surface area (Å²) in [5.41, 5.74) is -0.862. The van der Waals surface area contributed by atoms with Crippen molar-refractivity contribution in [3.05, 3.63) is 68.7 Å². The molecule has 0 bridgehead atoms. The van der Waals surface area contributed by atoms with E-state index in [2.05, 4.69) is 5.32 Å². The van der Waals surface area contributed by atoms with Gasteiger partial charge in [-0.15, -0.1) is 0 Å². The Kier molecular flexibility index (Phi) is 6.49. The molecule has 0 saturated carbocycles. The number of likely N-dealkylation sites (tertiary alicyclic amines) is 1. The van der Waals surface area contributed by atoms with Crippen LogP contribution in [-0.4, -0.2) is 34.7 Å². The molecule has 1 fully saturated rings. The second-order valence-electron chi connectivity index (χ2n) is 7.05. The number of alkyl halides is 3. The number of nitro benzene ring substituents is 1. The van der Waals surface area contributed by atoms with E-state index in [0.29, 0.717) is 18.4 Å². The number of carbonyl (C=O) groups is 2. The van der Waals surface area contributed by atoms with E-state index in [1.54, 1.807) is 0 Å². The van der Waals surface area contributed by atoms with E-state index in [-0.39, 0.29) is 30.4 Å². The Labute approximate surface area is 179 Å². The lowest BCUT2D eigenvalue weighted by Crippen LogP contribution is -2.41. The number of nitrogens with zero attached hydrogens (tertiary/aromatic N) is 2. The standard InChI is InChI=1S/C20H17ClF3N3O4/c21-17-6-3-14(11-16(17)20(22,23)24)25-18(28)12-7-9-26(10-8-12)19(29)13-1-4-15(5-2-13)27(30)31/h1-6,11-12H,7-10H2,(H,25,28). The van der Waals surface area contributed by atoms with Crippen LogP contribution < -0.4 is 5.32 Å². The van der Waals surface area contributed by atoms with Gasteiger partial charge in [-0.25, -0.2) is 0 Å². The monoisotopic (exact) mass is 455 g/mol. The average molecular weight is 456 g/mol. The van der Waals surface area contributed by atoms with Crippen LogP contribution in [0.1, 0.15) is 28.8 Å². The predicted octanol–water partition coefficient (Wildman–Crippen LogP) is 4.76. The number of benzene rings is 2. The minimum absolute atomic E-state index is 0.00823. The summed E-state index contributed by atoms with van der Waals surface area (Å²) < 4.78 is 38.9. The molecule has 1 aliphatic rings. The van der Waals surface area contributed by atoms with E-state index in [0.717, 1.165) is 12.1 Å². The Balaban J connectivity index is 1.58. The lowest BCUT2D eigenvalue weighted by atomic mass is 9.95. The highest BCUT2D eigenvalue weighted by Gasteiger charge is 2.34. The average Bonchev–Trinajstić information content (AvgIpc) is 2.74. The maximum Gasteiger partial charge on any atom is 0.417 e. The van der Waals surface area contributed by atoms with Gasteiger partial charge in [0, 0.05) is 42.4 Å². The fraction of sp³-hybridized carbons (Fsp3) is 0.300. The fourth-order valence-electron chi connectivity index (χ4n) is 3.32. The van der Waals surface area contributed by atoms with Crippen LogP contribution in [0.3, 0.4) is 0 Å². The molecule has 7 nitrogen and oxygen atoms in total. The van der Waals surface area contributed by atoms with Gasteiger partial charge in [0.1, 0.15) is 0 Å². The van der Waals surface area contributed by atoms with Crippen molar-refractivity contribution in [2.24, 2.45) is 5.92 Å². The van der Waals surface area contributed by atoms with Crippen LogP contribution in [0.4, 0.5) is 24.5 Å². The van der Waals surface area contributed by atoms with E-state index in [9.17, 15) is 32.9 Å². The van der Waals surface area contributed by atoms with Crippen molar-refractivity contribution in [3.8, 4) is 0 Å². The first-order valence-corrected chi connectivity index (χ1v) is 9.65. The van der Waals surface area contributed by atoms with Crippen molar-refractivity contribution in [2.45, 2.75) is 19.0 Å². The number of non-ortho nitro benzene ring substituents is 1. The molecule has 1 saturated heterocycles. The molecule has 0 aromatic heterocycles. The molecular weight excluding hydrogens is 439 g/mol. The highest BCUT2D eigenvalue weighted by Crippen LogP contribution is 2.36. The molecule has 1 heterocycles. The van der Waals surface area contributed by atoms with Crippen molar-refractivity contribution in [1.82, 2.24) is 4.90 Å². The Bertz CT molecular complexity index is 1000. The Hall–Kier alpha value is -3.14. The maximum atomic E-state index is 13.0. The van der Waals surface area contributed by atoms with Gasteiger partial charge in [0.25, 0.3) is 11.6 Å². The Morgan fingerprint density at radius 3 is 2.26 bits per heavy atom. The quantitative estimate of drug-likeness (QED) is 0.531. The van der Waals surface area contributed by atoms with Crippen LogP contribution in [0.15, 0.2) is 42.5 Å². The Morgan fingerprint density at radius 1 is 1.10 bits per heavy atom. The Morgan fingerprint density at radius 2 is 1.71 bits per heavy atom. The molecule has 2 aromatic carbocycles. The van der Waals surface area contributed by atoms with Crippen LogP contribution in [0.5, 0.6) is 0 Å². The van der Waals surface area contributed by atoms with E-state index in [1.807, 2.05) is 0 Å². The highest BCUT2D eigenvalue weighted by molar-refractivity contribution is 6.31. The largest absolute Gasteiger partial charge is 0.417 e. The van der Waals surface area contributed by atoms with Gasteiger partial charge in [-0.3, -0.25) is 19.7 Å². The number of hydrogen-bond acceptors (Lipinski definition) is 4. The fourth-order valence-corrected chi connectivity index (χ4v) is 3.54. The first-order valence-electron chi connectivity index (χ1n) is 9.27. The summed E-state index contributed by atoms with van der Waals surface area (Å²) in [6.45, 7) is 0.560. The molecule has 0 radical (unpaired) electrons. The van der Waals surface area contributed by atoms with Crippen molar-refractivity contribution < 1.29 is 27.7 Å². The lowest BCUT2D eigenvalue weighted by molar-refractivity contribution is -0.384. The number of amides is 2. The summed E-state index contributed by atoms with van der Waals surface area (Å²) in [6.07, 6.45) is -3.96. The number of halogens is 4. The third-order valence-corrected chi connectivity index (χ3v) is 5.35. The molecule has 0 aliphatic carbocycles. The molecule has 31 heavy (non-hydrogen) atoms. The topological polar surface area (TPSA) is 92.6 Å². The van der Waals surface area contributed by atoms with Gasteiger partial charge in [0.15, 0.2) is 0 Å². The molecule has 2 amide bonds. The highest BCUT2D eigenvalue weighted by atomic mass is 35.5. The molecule has 0 unspecified atom stereocenters. The second-order valence-corrected chi connectivity index (χ2v) is 7.46. The van der Waals surface area contributed by atoms with Gasteiger partial charge >= 0.3 is 6.18 Å². The number of carbonyl (C=O) groups excluding carboxylic acids is 2. The smallest absolute Gasteiger partial charge is 0.339 e. The van der Waals surface area contributed by atoms with E-state index in [4.69, 9.17) is 11.6 Å². The number of rotatable bonds is 4. The second kappa shape index (κ2) is 8.93. The normalized spacial score (nSPS) is 14.9. The third-order valence-electron chi connectivity index (χ3n) is 5.02. The van der Waals surface area contributed by atoms with E-state index >= 15 is 0 Å². The number of piperidine rings is 1. The van der Waals surface area contributed by atoms with Gasteiger partial charge in [-0.2, -0.15) is 13.2 Å². The van der Waals surface area contributed by atoms with Crippen molar-refractivity contribution in [1.29, 1.82) is 0 Å². The van der Waals surface area contributed by atoms with E-state index in [1.165, 1.54) is 35.2 Å². The summed E-state index contributed by atoms with van der Waals surface area (Å²) in [5.74, 6) is -1.20. The first kappa shape index (κ1) is 22.5. The summed E-state index contributed by atoms with van der Waals surface area (Å²) >= 11 is 5.58. The summed E-state index contributed by atoms with van der Waals surface area (Å²) in [7, 11) is 0. The number of anilines is 1. The molecule has 0 atom stereocenters. The molecule has 1 N–H and O–H groups in total. The van der Waals surface area contributed by atoms with Gasteiger partial charge in [-0.05, 0) is 43.2 Å². The van der Waals surface area contributed by atoms with Gasteiger partial charge < -0.3 is 10.2 Å². The molecule has 3 rings (SSSR count). The molecular formula is C20H17ClF3N3O4. The molecule has 0 spiro atoms. The SMILES string of the molecule is O=C(Nc1ccc(Cl)c(C(F)(F)F)c1)C1CCN(C(=O)c2ccc([N+](=O)[O-])cc2)CC1. The van der Waals surface area contributed by atoms with Crippen molar-refractivity contribution >= 4 is 34.8 Å². The minimum Gasteiger partial charge on any atom is -0.339 e. The van der Waals surface area contributed by atoms with Crippen LogP contribution in [0.25, 0.3) is 0 Å². The summed E-state index contributed by atoms with van der Waals surface area (Å²) in [4.78, 5) is 36.7. The number of nitro groups is 1. The summed E-state index contributed by atoms with van der Waals surface area (Å²) in [5, 5.41) is 12.7. The van der Waals surface area contributed by atoms with Crippen LogP contribution in [0, 0.1) is 16.0 Å². The van der Waals surface area contributed by atoms with Crippen LogP contribution in [-0.2, 0) is 11.0 Å². The molecule has 2 aromatic rings.